The van der Waals surface area contributed by atoms with E-state index in [0.29, 0.717) is 5.70 Å². The Morgan fingerprint density at radius 1 is 1.11 bits per heavy atom. The lowest BCUT2D eigenvalue weighted by Gasteiger charge is -2.33. The fourth-order valence-corrected chi connectivity index (χ4v) is 2.95. The quantitative estimate of drug-likeness (QED) is 0.447. The second-order valence-corrected chi connectivity index (χ2v) is 5.58. The van der Waals surface area contributed by atoms with Crippen LogP contribution in [-0.4, -0.2) is 22.9 Å². The molecule has 0 aliphatic carbocycles. The summed E-state index contributed by atoms with van der Waals surface area (Å²) in [6, 6.07) is 1.73. The van der Waals surface area contributed by atoms with Gasteiger partial charge >= 0.3 is 17.7 Å². The molecule has 1 aliphatic rings. The first-order valence-corrected chi connectivity index (χ1v) is 7.60. The number of hydrogen-bond donors (Lipinski definition) is 2. The zero-order chi connectivity index (χ0) is 19.7. The molecule has 0 fully saturated rings. The highest BCUT2D eigenvalue weighted by atomic mass is 16.7. The first-order valence-electron chi connectivity index (χ1n) is 7.60. The number of allylic oxidation sites excluding steroid dienone is 1. The van der Waals surface area contributed by atoms with Gasteiger partial charge < -0.3 is 18.9 Å². The molecule has 12 nitrogen and oxygen atoms in total. The van der Waals surface area contributed by atoms with Crippen molar-refractivity contribution in [3.05, 3.63) is 67.3 Å². The summed E-state index contributed by atoms with van der Waals surface area (Å²) in [5.41, 5.74) is 0.669. The molecule has 0 radical (unpaired) electrons. The Morgan fingerprint density at radius 2 is 1.67 bits per heavy atom. The third kappa shape index (κ3) is 3.13. The van der Waals surface area contributed by atoms with Crippen LogP contribution in [0.3, 0.4) is 0 Å². The van der Waals surface area contributed by atoms with Crippen LogP contribution in [0.4, 0.5) is 11.8 Å². The van der Waals surface area contributed by atoms with Gasteiger partial charge in [-0.1, -0.05) is 0 Å². The fraction of sp³-hybridized carbons (Fsp3) is 0.267. The van der Waals surface area contributed by atoms with E-state index < -0.39 is 39.8 Å². The maximum absolute atomic E-state index is 12.2. The van der Waals surface area contributed by atoms with Gasteiger partial charge in [0.05, 0.1) is 36.8 Å². The summed E-state index contributed by atoms with van der Waals surface area (Å²) in [4.78, 5) is 33.2. The van der Waals surface area contributed by atoms with Crippen LogP contribution in [0.2, 0.25) is 0 Å². The molecule has 2 atom stereocenters. The molecule has 0 saturated carbocycles. The number of furan rings is 2. The molecule has 2 aromatic rings. The maximum atomic E-state index is 12.2. The van der Waals surface area contributed by atoms with E-state index in [-0.39, 0.29) is 16.7 Å². The minimum absolute atomic E-state index is 0.0809. The largest absolute Gasteiger partial charge is 0.466 e. The molecule has 142 valence electrons. The molecule has 0 amide bonds. The van der Waals surface area contributed by atoms with Crippen LogP contribution in [-0.2, 0) is 9.53 Å². The molecular weight excluding hydrogens is 364 g/mol. The average molecular weight is 378 g/mol. The Kier molecular flexibility index (Phi) is 4.64. The van der Waals surface area contributed by atoms with Crippen molar-refractivity contribution in [3.8, 4) is 0 Å². The first kappa shape index (κ1) is 18.1. The lowest BCUT2D eigenvalue weighted by molar-refractivity contribution is -0.403. The summed E-state index contributed by atoms with van der Waals surface area (Å²) in [5.74, 6) is -1.76. The number of carbonyl (C=O) groups is 1. The van der Waals surface area contributed by atoms with Gasteiger partial charge in [0.1, 0.15) is 21.6 Å². The molecular formula is C15H14N4O8. The maximum Gasteiger partial charge on any atom is 0.439 e. The van der Waals surface area contributed by atoms with E-state index in [1.807, 2.05) is 0 Å². The number of rotatable bonds is 5. The molecule has 12 heteroatoms. The summed E-state index contributed by atoms with van der Waals surface area (Å²) in [5, 5.41) is 28.3. The fourth-order valence-electron chi connectivity index (χ4n) is 2.95. The van der Waals surface area contributed by atoms with Crippen LogP contribution in [0.5, 0.6) is 0 Å². The number of ether oxygens (including phenoxy) is 1. The van der Waals surface area contributed by atoms with Crippen LogP contribution in [0.1, 0.15) is 30.3 Å². The molecule has 1 aliphatic heterocycles. The Bertz CT molecular complexity index is 943. The van der Waals surface area contributed by atoms with Gasteiger partial charge in [-0.15, -0.1) is 0 Å². The van der Waals surface area contributed by atoms with Gasteiger partial charge in [0.2, 0.25) is 0 Å². The molecule has 0 aromatic carbocycles. The number of carbonyl (C=O) groups excluding carboxylic acids is 1. The SMILES string of the molecule is COC(=O)C1=C(C)N[C@H](c2ccoc2[N+](=O)[O-])N[C@@H]1c1ccoc1[N+](=O)[O-]. The Labute approximate surface area is 151 Å². The number of nitrogens with one attached hydrogen (secondary N) is 2. The molecule has 0 unspecified atom stereocenters. The van der Waals surface area contributed by atoms with Gasteiger partial charge in [0, 0.05) is 5.70 Å². The molecule has 3 heterocycles. The van der Waals surface area contributed by atoms with E-state index >= 15 is 0 Å². The van der Waals surface area contributed by atoms with Crippen molar-refractivity contribution in [1.82, 2.24) is 10.6 Å². The summed E-state index contributed by atoms with van der Waals surface area (Å²) >= 11 is 0. The Morgan fingerprint density at radius 3 is 2.22 bits per heavy atom. The Hall–Kier alpha value is -3.67. The topological polar surface area (TPSA) is 163 Å². The van der Waals surface area contributed by atoms with E-state index in [9.17, 15) is 25.0 Å². The number of nitrogens with zero attached hydrogens (tertiary/aromatic N) is 2. The highest BCUT2D eigenvalue weighted by molar-refractivity contribution is 5.91. The average Bonchev–Trinajstić information content (AvgIpc) is 3.29. The van der Waals surface area contributed by atoms with Crippen LogP contribution in [0, 0.1) is 20.2 Å². The minimum atomic E-state index is -1.00. The smallest absolute Gasteiger partial charge is 0.439 e. The van der Waals surface area contributed by atoms with Crippen molar-refractivity contribution < 1.29 is 28.2 Å². The molecule has 3 rings (SSSR count). The second-order valence-electron chi connectivity index (χ2n) is 5.58. The predicted octanol–water partition coefficient (Wildman–Crippen LogP) is 2.07. The van der Waals surface area contributed by atoms with Crippen LogP contribution < -0.4 is 10.6 Å². The van der Waals surface area contributed by atoms with Crippen molar-refractivity contribution in [1.29, 1.82) is 0 Å². The third-order valence-electron chi connectivity index (χ3n) is 4.09. The zero-order valence-corrected chi connectivity index (χ0v) is 14.1. The van der Waals surface area contributed by atoms with Gasteiger partial charge in [0.15, 0.2) is 0 Å². The summed E-state index contributed by atoms with van der Waals surface area (Å²) in [6.07, 6.45) is 1.43. The lowest BCUT2D eigenvalue weighted by atomic mass is 9.95. The van der Waals surface area contributed by atoms with Crippen molar-refractivity contribution in [2.45, 2.75) is 19.1 Å². The summed E-state index contributed by atoms with van der Waals surface area (Å²) < 4.78 is 14.6. The molecule has 2 aromatic heterocycles. The van der Waals surface area contributed by atoms with Gasteiger partial charge in [-0.2, -0.15) is 0 Å². The molecule has 0 spiro atoms. The number of methoxy groups -OCH3 is 1. The van der Waals surface area contributed by atoms with E-state index in [4.69, 9.17) is 13.6 Å². The van der Waals surface area contributed by atoms with E-state index in [1.165, 1.54) is 19.2 Å². The van der Waals surface area contributed by atoms with E-state index in [2.05, 4.69) is 10.6 Å². The van der Waals surface area contributed by atoms with Gasteiger partial charge in [-0.05, 0) is 19.1 Å². The first-order chi connectivity index (χ1) is 12.8. The highest BCUT2D eigenvalue weighted by Crippen LogP contribution is 2.38. The van der Waals surface area contributed by atoms with Gasteiger partial charge in [0.25, 0.3) is 0 Å². The van der Waals surface area contributed by atoms with Crippen molar-refractivity contribution in [3.63, 3.8) is 0 Å². The number of esters is 1. The second kappa shape index (κ2) is 6.92. The molecule has 27 heavy (non-hydrogen) atoms. The third-order valence-corrected chi connectivity index (χ3v) is 4.09. The van der Waals surface area contributed by atoms with E-state index in [0.717, 1.165) is 12.5 Å². The normalized spacial score (nSPS) is 19.5. The van der Waals surface area contributed by atoms with Crippen molar-refractivity contribution >= 4 is 17.7 Å². The highest BCUT2D eigenvalue weighted by Gasteiger charge is 2.40. The van der Waals surface area contributed by atoms with E-state index in [1.54, 1.807) is 6.92 Å². The van der Waals surface area contributed by atoms with Crippen LogP contribution in [0.15, 0.2) is 44.8 Å². The van der Waals surface area contributed by atoms with Crippen molar-refractivity contribution in [2.24, 2.45) is 0 Å². The standard InChI is InChI=1S/C15H14N4O8/c1-7-10(15(20)25-2)11(8-3-5-26-13(8)18(21)22)17-12(16-7)9-4-6-27-14(9)19(23)24/h3-6,11-12,16-17H,1-2H3/t11-,12+/m1/s1. The summed E-state index contributed by atoms with van der Waals surface area (Å²) in [6.45, 7) is 1.56. The zero-order valence-electron chi connectivity index (χ0n) is 14.1. The molecule has 2 N–H and O–H groups in total. The van der Waals surface area contributed by atoms with Gasteiger partial charge in [-0.25, -0.2) is 4.79 Å². The lowest BCUT2D eigenvalue weighted by Crippen LogP contribution is -2.44. The number of hydrogen-bond acceptors (Lipinski definition) is 10. The molecule has 0 bridgehead atoms. The van der Waals surface area contributed by atoms with Crippen molar-refractivity contribution in [2.75, 3.05) is 7.11 Å². The monoisotopic (exact) mass is 378 g/mol. The van der Waals surface area contributed by atoms with Crippen LogP contribution in [0.25, 0.3) is 0 Å². The predicted molar refractivity (Wildman–Crippen MR) is 87.2 cm³/mol. The number of nitro groups is 2. The Balaban J connectivity index is 2.10. The van der Waals surface area contributed by atoms with Gasteiger partial charge in [-0.3, -0.25) is 25.5 Å². The van der Waals surface area contributed by atoms with Crippen LogP contribution >= 0.6 is 0 Å². The molecule has 0 saturated heterocycles. The minimum Gasteiger partial charge on any atom is -0.466 e. The summed E-state index contributed by atoms with van der Waals surface area (Å²) in [7, 11) is 1.18.